The molecule has 0 aromatic heterocycles. The monoisotopic (exact) mass is 678 g/mol. The Morgan fingerprint density at radius 2 is 1.79 bits per heavy atom. The number of aliphatic hydroxyl groups is 2. The van der Waals surface area contributed by atoms with Gasteiger partial charge in [0, 0.05) is 52.8 Å². The summed E-state index contributed by atoms with van der Waals surface area (Å²) < 4.78 is 5.94. The molecule has 0 saturated carbocycles. The van der Waals surface area contributed by atoms with Crippen molar-refractivity contribution in [2.75, 3.05) is 13.7 Å². The number of esters is 1. The summed E-state index contributed by atoms with van der Waals surface area (Å²) in [6.45, 7) is 10.2. The Bertz CT molecular complexity index is 1700. The van der Waals surface area contributed by atoms with Gasteiger partial charge in [-0.05, 0) is 90.6 Å². The lowest BCUT2D eigenvalue weighted by Crippen LogP contribution is -2.16. The molecule has 0 aromatic rings. The molecule has 6 aliphatic rings. The van der Waals surface area contributed by atoms with Crippen molar-refractivity contribution >= 4 is 45.7 Å². The van der Waals surface area contributed by atoms with Gasteiger partial charge in [0.25, 0.3) is 0 Å². The predicted molar refractivity (Wildman–Crippen MR) is 173 cm³/mol. The van der Waals surface area contributed by atoms with Crippen LogP contribution in [0.25, 0.3) is 0 Å². The number of hydrogen-bond donors (Lipinski definition) is 3. The number of hydrogen-bond acceptors (Lipinski definition) is 8. The number of ether oxygens (including phenoxy) is 1. The standard InChI is InChI=1S/C33H35IN4O4/c1-7-18-14(2)22-11-25-21(13-39)16(4)30(37-25)29(34)31-15(3)19(8-9-27(41)42-6)32(38-31)20-10-26(40)28-17(5)23(36-33(20)28)12-24(18)35-22/h11-12,15,19,38-40H,7-10,13H2,1-6H3/t15-,19-/m0/s1. The Kier molecular flexibility index (Phi) is 7.37. The van der Waals surface area contributed by atoms with Gasteiger partial charge in [-0.25, -0.2) is 15.0 Å². The van der Waals surface area contributed by atoms with Crippen LogP contribution < -0.4 is 5.32 Å². The van der Waals surface area contributed by atoms with E-state index in [0.717, 1.165) is 94.6 Å². The molecule has 3 N–H and O–H groups in total. The summed E-state index contributed by atoms with van der Waals surface area (Å²) in [6, 6.07) is 0. The Morgan fingerprint density at radius 3 is 2.48 bits per heavy atom. The minimum absolute atomic E-state index is 0.00966. The van der Waals surface area contributed by atoms with Crippen LogP contribution in [0.3, 0.4) is 0 Å². The summed E-state index contributed by atoms with van der Waals surface area (Å²) in [5.74, 6) is 0.100. The van der Waals surface area contributed by atoms with Crippen molar-refractivity contribution < 1.29 is 19.7 Å². The predicted octanol–water partition coefficient (Wildman–Crippen LogP) is 6.37. The SMILES string of the molecule is CCC1=C(C)C2=NC1=CC1=C(C)C3=C(O)CC(=C4NC(=C(I)C5=NC(=C2)C(CO)=C5C)[C@@H](C)[C@@H]4CCC(=O)OC)C3=N1. The summed E-state index contributed by atoms with van der Waals surface area (Å²) in [5, 5.41) is 25.3. The number of allylic oxidation sites excluding steroid dienone is 11. The highest BCUT2D eigenvalue weighted by Gasteiger charge is 2.42. The average molecular weight is 679 g/mol. The maximum atomic E-state index is 12.2. The van der Waals surface area contributed by atoms with Crippen LogP contribution in [0.1, 0.15) is 60.3 Å². The molecule has 0 spiro atoms. The number of nitrogens with one attached hydrogen (secondary N) is 1. The van der Waals surface area contributed by atoms with Crippen LogP contribution in [0.5, 0.6) is 0 Å². The number of aliphatic hydroxyl groups excluding tert-OH is 2. The molecule has 0 radical (unpaired) electrons. The fraction of sp³-hybridized carbons (Fsp3) is 0.394. The lowest BCUT2D eigenvalue weighted by molar-refractivity contribution is -0.140. The van der Waals surface area contributed by atoms with Gasteiger partial charge in [0.1, 0.15) is 5.76 Å². The normalized spacial score (nSPS) is 25.0. The molecule has 0 aromatic carbocycles. The number of halogens is 1. The highest BCUT2D eigenvalue weighted by atomic mass is 127. The second kappa shape index (κ2) is 10.8. The van der Waals surface area contributed by atoms with E-state index in [4.69, 9.17) is 19.7 Å². The molecule has 218 valence electrons. The van der Waals surface area contributed by atoms with Crippen molar-refractivity contribution in [1.29, 1.82) is 0 Å². The van der Waals surface area contributed by atoms with E-state index in [1.54, 1.807) is 0 Å². The molecule has 5 aliphatic heterocycles. The first-order chi connectivity index (χ1) is 20.1. The Balaban J connectivity index is 1.62. The molecular weight excluding hydrogens is 643 g/mol. The number of fused-ring (bicyclic) bond motifs is 5. The van der Waals surface area contributed by atoms with Crippen molar-refractivity contribution in [1.82, 2.24) is 5.32 Å². The lowest BCUT2D eigenvalue weighted by atomic mass is 9.86. The number of methoxy groups -OCH3 is 1. The third kappa shape index (κ3) is 4.35. The highest BCUT2D eigenvalue weighted by molar-refractivity contribution is 14.1. The molecule has 8 bridgehead atoms. The second-order valence-corrected chi connectivity index (χ2v) is 12.5. The third-order valence-electron chi connectivity index (χ3n) is 9.30. The molecule has 1 fully saturated rings. The van der Waals surface area contributed by atoms with Crippen LogP contribution in [0.4, 0.5) is 0 Å². The van der Waals surface area contributed by atoms with E-state index in [1.165, 1.54) is 7.11 Å². The third-order valence-corrected chi connectivity index (χ3v) is 10.4. The lowest BCUT2D eigenvalue weighted by Gasteiger charge is -2.17. The Morgan fingerprint density at radius 1 is 1.05 bits per heavy atom. The average Bonchev–Trinajstić information content (AvgIpc) is 3.72. The fourth-order valence-electron chi connectivity index (χ4n) is 6.83. The zero-order chi connectivity index (χ0) is 30.0. The summed E-state index contributed by atoms with van der Waals surface area (Å²) in [4.78, 5) is 27.4. The van der Waals surface area contributed by atoms with E-state index < -0.39 is 0 Å². The van der Waals surface area contributed by atoms with Crippen LogP contribution in [0.2, 0.25) is 0 Å². The van der Waals surface area contributed by atoms with Gasteiger partial charge in [0.05, 0.1) is 51.5 Å². The van der Waals surface area contributed by atoms with Crippen LogP contribution in [-0.4, -0.2) is 47.0 Å². The highest BCUT2D eigenvalue weighted by Crippen LogP contribution is 2.47. The number of carbonyl (C=O) groups excluding carboxylic acids is 1. The molecule has 0 amide bonds. The van der Waals surface area contributed by atoms with Gasteiger partial charge in [-0.15, -0.1) is 0 Å². The first-order valence-corrected chi connectivity index (χ1v) is 15.5. The van der Waals surface area contributed by atoms with Crippen LogP contribution in [0, 0.1) is 11.8 Å². The van der Waals surface area contributed by atoms with E-state index >= 15 is 0 Å². The van der Waals surface area contributed by atoms with Crippen LogP contribution in [-0.2, 0) is 9.53 Å². The van der Waals surface area contributed by atoms with Crippen molar-refractivity contribution in [3.63, 3.8) is 0 Å². The van der Waals surface area contributed by atoms with Gasteiger partial charge in [-0.3, -0.25) is 4.79 Å². The summed E-state index contributed by atoms with van der Waals surface area (Å²) in [6.07, 6.45) is 6.07. The molecule has 0 unspecified atom stereocenters. The molecule has 6 rings (SSSR count). The van der Waals surface area contributed by atoms with Crippen molar-refractivity contribution in [2.45, 2.75) is 60.3 Å². The first-order valence-electron chi connectivity index (χ1n) is 14.4. The molecule has 1 saturated heterocycles. The molecular formula is C33H35IN4O4. The number of carbonyl (C=O) groups is 1. The summed E-state index contributed by atoms with van der Waals surface area (Å²) in [7, 11) is 1.41. The minimum atomic E-state index is -0.248. The molecule has 2 atom stereocenters. The van der Waals surface area contributed by atoms with E-state index in [2.05, 4.69) is 48.7 Å². The molecule has 9 heteroatoms. The zero-order valence-corrected chi connectivity index (χ0v) is 26.9. The van der Waals surface area contributed by atoms with E-state index in [9.17, 15) is 15.0 Å². The first kappa shape index (κ1) is 28.8. The summed E-state index contributed by atoms with van der Waals surface area (Å²) in [5.41, 5.74) is 13.4. The summed E-state index contributed by atoms with van der Waals surface area (Å²) >= 11 is 2.35. The van der Waals surface area contributed by atoms with Gasteiger partial charge >= 0.3 is 5.97 Å². The van der Waals surface area contributed by atoms with E-state index in [0.29, 0.717) is 18.6 Å². The van der Waals surface area contributed by atoms with Crippen molar-refractivity contribution in [2.24, 2.45) is 26.8 Å². The smallest absolute Gasteiger partial charge is 0.305 e. The molecule has 1 aliphatic carbocycles. The van der Waals surface area contributed by atoms with Gasteiger partial charge in [0.2, 0.25) is 0 Å². The van der Waals surface area contributed by atoms with Gasteiger partial charge in [-0.2, -0.15) is 0 Å². The fourth-order valence-corrected chi connectivity index (χ4v) is 7.98. The quantitative estimate of drug-likeness (QED) is 0.231. The topological polar surface area (TPSA) is 116 Å². The molecule has 8 nitrogen and oxygen atoms in total. The van der Waals surface area contributed by atoms with Crippen molar-refractivity contribution in [3.05, 3.63) is 89.0 Å². The van der Waals surface area contributed by atoms with Crippen LogP contribution in [0.15, 0.2) is 104 Å². The molecule has 42 heavy (non-hydrogen) atoms. The van der Waals surface area contributed by atoms with Gasteiger partial charge in [-0.1, -0.05) is 13.8 Å². The maximum absolute atomic E-state index is 12.2. The van der Waals surface area contributed by atoms with Crippen LogP contribution >= 0.6 is 22.6 Å². The van der Waals surface area contributed by atoms with Gasteiger partial charge < -0.3 is 20.3 Å². The number of rotatable bonds is 5. The van der Waals surface area contributed by atoms with Gasteiger partial charge in [0.15, 0.2) is 0 Å². The number of aliphatic imine (C=N–C) groups is 3. The largest absolute Gasteiger partial charge is 0.511 e. The maximum Gasteiger partial charge on any atom is 0.305 e. The minimum Gasteiger partial charge on any atom is -0.511 e. The second-order valence-electron chi connectivity index (χ2n) is 11.5. The van der Waals surface area contributed by atoms with E-state index in [-0.39, 0.29) is 30.8 Å². The number of nitrogens with zero attached hydrogens (tertiary/aromatic N) is 3. The van der Waals surface area contributed by atoms with E-state index in [1.807, 2.05) is 26.0 Å². The zero-order valence-electron chi connectivity index (χ0n) is 24.8. The van der Waals surface area contributed by atoms with Crippen molar-refractivity contribution in [3.8, 4) is 0 Å². The Hall–Kier alpha value is -3.31. The Labute approximate surface area is 259 Å². The molecule has 5 heterocycles.